The molecule has 0 bridgehead atoms. The third-order valence-electron chi connectivity index (χ3n) is 2.93. The molecule has 0 unspecified atom stereocenters. The number of carbonyl (C=O) groups is 1. The van der Waals surface area contributed by atoms with Crippen molar-refractivity contribution in [1.29, 1.82) is 0 Å². The summed E-state index contributed by atoms with van der Waals surface area (Å²) in [4.78, 5) is 15.6. The zero-order chi connectivity index (χ0) is 14.1. The minimum atomic E-state index is -0.821. The van der Waals surface area contributed by atoms with Gasteiger partial charge in [0.05, 0.1) is 0 Å². The number of aliphatic imine (C=N–C) groups is 1. The summed E-state index contributed by atoms with van der Waals surface area (Å²) in [6, 6.07) is 3.40. The van der Waals surface area contributed by atoms with Crippen LogP contribution in [0.4, 0.5) is 8.78 Å². The number of hydrogen-bond donors (Lipinski definition) is 0. The third kappa shape index (κ3) is 2.18. The van der Waals surface area contributed by atoms with E-state index in [1.807, 2.05) is 24.3 Å². The molecule has 1 aliphatic heterocycles. The van der Waals surface area contributed by atoms with Gasteiger partial charge in [0.2, 0.25) is 5.90 Å². The fourth-order valence-electron chi connectivity index (χ4n) is 1.97. The SMILES string of the molecule is O=C1OC(c2c(F)cccc2F)=N/C1=C/C1C=CC=C1. The Hall–Kier alpha value is -2.56. The molecule has 100 valence electrons. The maximum atomic E-state index is 13.6. The summed E-state index contributed by atoms with van der Waals surface area (Å²) >= 11 is 0. The van der Waals surface area contributed by atoms with Crippen LogP contribution in [0.15, 0.2) is 59.3 Å². The first-order valence-corrected chi connectivity index (χ1v) is 5.97. The van der Waals surface area contributed by atoms with E-state index in [-0.39, 0.29) is 17.5 Å². The smallest absolute Gasteiger partial charge is 0.363 e. The molecule has 5 heteroatoms. The van der Waals surface area contributed by atoms with E-state index in [0.717, 1.165) is 12.1 Å². The van der Waals surface area contributed by atoms with Gasteiger partial charge >= 0.3 is 5.97 Å². The van der Waals surface area contributed by atoms with Crippen LogP contribution in [0, 0.1) is 17.6 Å². The zero-order valence-corrected chi connectivity index (χ0v) is 10.2. The normalized spacial score (nSPS) is 19.8. The molecule has 0 radical (unpaired) electrons. The van der Waals surface area contributed by atoms with Gasteiger partial charge in [-0.25, -0.2) is 18.6 Å². The molecule has 0 atom stereocenters. The summed E-state index contributed by atoms with van der Waals surface area (Å²) in [5, 5.41) is 0. The number of rotatable bonds is 2. The highest BCUT2D eigenvalue weighted by atomic mass is 19.1. The van der Waals surface area contributed by atoms with Gasteiger partial charge in [0.1, 0.15) is 22.9 Å². The van der Waals surface area contributed by atoms with Crippen LogP contribution in [0.2, 0.25) is 0 Å². The van der Waals surface area contributed by atoms with Gasteiger partial charge in [-0.2, -0.15) is 0 Å². The van der Waals surface area contributed by atoms with E-state index in [0.29, 0.717) is 0 Å². The Labute approximate surface area is 113 Å². The summed E-state index contributed by atoms with van der Waals surface area (Å²) in [6.45, 7) is 0. The summed E-state index contributed by atoms with van der Waals surface area (Å²) < 4.78 is 32.1. The Morgan fingerprint density at radius 2 is 1.80 bits per heavy atom. The lowest BCUT2D eigenvalue weighted by atomic mass is 10.1. The van der Waals surface area contributed by atoms with Crippen LogP contribution < -0.4 is 0 Å². The summed E-state index contributed by atoms with van der Waals surface area (Å²) in [5.41, 5.74) is -0.384. The fraction of sp³-hybridized carbons (Fsp3) is 0.0667. The Balaban J connectivity index is 1.98. The molecule has 0 saturated carbocycles. The van der Waals surface area contributed by atoms with Gasteiger partial charge < -0.3 is 4.74 Å². The van der Waals surface area contributed by atoms with E-state index < -0.39 is 23.2 Å². The van der Waals surface area contributed by atoms with Gasteiger partial charge in [0.15, 0.2) is 0 Å². The van der Waals surface area contributed by atoms with Crippen LogP contribution >= 0.6 is 0 Å². The molecular weight excluding hydrogens is 264 g/mol. The van der Waals surface area contributed by atoms with Gasteiger partial charge in [-0.3, -0.25) is 0 Å². The van der Waals surface area contributed by atoms with Crippen molar-refractivity contribution in [3.8, 4) is 0 Å². The Morgan fingerprint density at radius 1 is 1.15 bits per heavy atom. The van der Waals surface area contributed by atoms with Crippen molar-refractivity contribution in [2.24, 2.45) is 10.9 Å². The van der Waals surface area contributed by atoms with Gasteiger partial charge in [-0.05, 0) is 18.2 Å². The number of hydrogen-bond acceptors (Lipinski definition) is 3. The van der Waals surface area contributed by atoms with Crippen LogP contribution in [0.25, 0.3) is 0 Å². The van der Waals surface area contributed by atoms with E-state index in [4.69, 9.17) is 4.74 Å². The number of allylic oxidation sites excluding steroid dienone is 5. The largest absolute Gasteiger partial charge is 0.402 e. The van der Waals surface area contributed by atoms with Crippen molar-refractivity contribution in [2.75, 3.05) is 0 Å². The monoisotopic (exact) mass is 273 g/mol. The molecule has 0 saturated heterocycles. The molecule has 3 nitrogen and oxygen atoms in total. The Kier molecular flexibility index (Phi) is 3.02. The quantitative estimate of drug-likeness (QED) is 0.614. The molecule has 1 heterocycles. The Morgan fingerprint density at radius 3 is 2.45 bits per heavy atom. The van der Waals surface area contributed by atoms with Crippen molar-refractivity contribution < 1.29 is 18.3 Å². The fourth-order valence-corrected chi connectivity index (χ4v) is 1.97. The lowest BCUT2D eigenvalue weighted by molar-refractivity contribution is -0.130. The first-order chi connectivity index (χ1) is 9.65. The lowest BCUT2D eigenvalue weighted by Crippen LogP contribution is -2.09. The highest BCUT2D eigenvalue weighted by molar-refractivity contribution is 6.11. The van der Waals surface area contributed by atoms with Crippen molar-refractivity contribution in [1.82, 2.24) is 0 Å². The maximum Gasteiger partial charge on any atom is 0.363 e. The van der Waals surface area contributed by atoms with Crippen molar-refractivity contribution in [3.05, 3.63) is 71.5 Å². The predicted molar refractivity (Wildman–Crippen MR) is 68.8 cm³/mol. The number of nitrogens with zero attached hydrogens (tertiary/aromatic N) is 1. The zero-order valence-electron chi connectivity index (χ0n) is 10.2. The van der Waals surface area contributed by atoms with Crippen LogP contribution in [-0.4, -0.2) is 11.9 Å². The van der Waals surface area contributed by atoms with Crippen molar-refractivity contribution in [2.45, 2.75) is 0 Å². The molecule has 1 aliphatic carbocycles. The molecule has 1 aromatic rings. The highest BCUT2D eigenvalue weighted by Gasteiger charge is 2.28. The molecule has 1 aromatic carbocycles. The van der Waals surface area contributed by atoms with E-state index >= 15 is 0 Å². The van der Waals surface area contributed by atoms with Crippen LogP contribution in [0.3, 0.4) is 0 Å². The molecule has 0 N–H and O–H groups in total. The average molecular weight is 273 g/mol. The van der Waals surface area contributed by atoms with Crippen LogP contribution in [-0.2, 0) is 9.53 Å². The van der Waals surface area contributed by atoms with Gasteiger partial charge in [-0.15, -0.1) is 0 Å². The van der Waals surface area contributed by atoms with E-state index in [2.05, 4.69) is 4.99 Å². The van der Waals surface area contributed by atoms with Crippen LogP contribution in [0.1, 0.15) is 5.56 Å². The number of benzene rings is 1. The summed E-state index contributed by atoms with van der Waals surface area (Å²) in [7, 11) is 0. The first kappa shape index (κ1) is 12.5. The number of cyclic esters (lactones) is 1. The van der Waals surface area contributed by atoms with E-state index in [1.165, 1.54) is 6.07 Å². The van der Waals surface area contributed by atoms with Crippen molar-refractivity contribution in [3.63, 3.8) is 0 Å². The van der Waals surface area contributed by atoms with Crippen molar-refractivity contribution >= 4 is 11.9 Å². The molecule has 0 aromatic heterocycles. The maximum absolute atomic E-state index is 13.6. The minimum absolute atomic E-state index is 0.0452. The standard InChI is InChI=1S/C15H9F2NO2/c16-10-6-3-7-11(17)13(10)14-18-12(15(19)20-14)8-9-4-1-2-5-9/h1-9H/b12-8+. The van der Waals surface area contributed by atoms with Gasteiger partial charge in [0.25, 0.3) is 0 Å². The lowest BCUT2D eigenvalue weighted by Gasteiger charge is -2.02. The molecule has 0 amide bonds. The molecule has 0 fully saturated rings. The third-order valence-corrected chi connectivity index (χ3v) is 2.93. The van der Waals surface area contributed by atoms with E-state index in [9.17, 15) is 13.6 Å². The molecule has 3 rings (SSSR count). The Bertz CT molecular complexity index is 670. The average Bonchev–Trinajstić information content (AvgIpc) is 3.01. The second kappa shape index (κ2) is 4.85. The number of esters is 1. The van der Waals surface area contributed by atoms with E-state index in [1.54, 1.807) is 6.08 Å². The first-order valence-electron chi connectivity index (χ1n) is 5.97. The molecule has 20 heavy (non-hydrogen) atoms. The molecule has 0 spiro atoms. The minimum Gasteiger partial charge on any atom is -0.402 e. The second-order valence-electron chi connectivity index (χ2n) is 4.30. The summed E-state index contributed by atoms with van der Waals surface area (Å²) in [6.07, 6.45) is 8.97. The highest BCUT2D eigenvalue weighted by Crippen LogP contribution is 2.23. The number of halogens is 2. The summed E-state index contributed by atoms with van der Waals surface area (Å²) in [5.74, 6) is -2.76. The molecule has 2 aliphatic rings. The number of carbonyl (C=O) groups excluding carboxylic acids is 1. The second-order valence-corrected chi connectivity index (χ2v) is 4.30. The van der Waals surface area contributed by atoms with Crippen LogP contribution in [0.5, 0.6) is 0 Å². The van der Waals surface area contributed by atoms with Gasteiger partial charge in [-0.1, -0.05) is 30.4 Å². The molecular formula is C15H9F2NO2. The predicted octanol–water partition coefficient (Wildman–Crippen LogP) is 2.89. The number of ether oxygens (including phenoxy) is 1. The topological polar surface area (TPSA) is 38.7 Å². The van der Waals surface area contributed by atoms with Gasteiger partial charge in [0, 0.05) is 5.92 Å².